The summed E-state index contributed by atoms with van der Waals surface area (Å²) in [7, 11) is 0. The van der Waals surface area contributed by atoms with Crippen LogP contribution in [0.1, 0.15) is 0 Å². The molecule has 0 bridgehead atoms. The lowest BCUT2D eigenvalue weighted by atomic mass is 10.1. The molecule has 1 aliphatic heterocycles. The molecule has 0 amide bonds. The molecule has 214 valence electrons. The molecule has 0 aliphatic carbocycles. The first-order chi connectivity index (χ1) is 22.8. The van der Waals surface area contributed by atoms with Crippen LogP contribution in [0.5, 0.6) is 0 Å². The molecule has 11 rings (SSSR count). The molecule has 0 radical (unpaired) electrons. The average Bonchev–Trinajstić information content (AvgIpc) is 3.77. The van der Waals surface area contributed by atoms with Crippen LogP contribution in [0.25, 0.3) is 75.2 Å². The van der Waals surface area contributed by atoms with E-state index >= 15 is 0 Å². The summed E-state index contributed by atoms with van der Waals surface area (Å²) in [4.78, 5) is 2.42. The van der Waals surface area contributed by atoms with Crippen molar-refractivity contribution in [2.75, 3.05) is 4.90 Å². The minimum absolute atomic E-state index is 1.16. The van der Waals surface area contributed by atoms with Gasteiger partial charge >= 0.3 is 0 Å². The van der Waals surface area contributed by atoms with Gasteiger partial charge in [-0.15, -0.1) is 11.3 Å². The average molecular weight is 604 g/mol. The largest absolute Gasteiger partial charge is 0.309 e. The van der Waals surface area contributed by atoms with Gasteiger partial charge < -0.3 is 14.0 Å². The number of para-hydroxylation sites is 5. The van der Waals surface area contributed by atoms with E-state index in [1.165, 1.54) is 86.5 Å². The summed E-state index contributed by atoms with van der Waals surface area (Å²) in [5, 5.41) is 7.72. The predicted molar refractivity (Wildman–Crippen MR) is 196 cm³/mol. The van der Waals surface area contributed by atoms with Gasteiger partial charge in [-0.2, -0.15) is 0 Å². The van der Waals surface area contributed by atoms with Gasteiger partial charge in [0.15, 0.2) is 0 Å². The van der Waals surface area contributed by atoms with E-state index in [4.69, 9.17) is 0 Å². The maximum Gasteiger partial charge on any atom is 0.0784 e. The number of thiophene rings is 1. The van der Waals surface area contributed by atoms with Crippen LogP contribution >= 0.6 is 11.3 Å². The third-order valence-electron chi connectivity index (χ3n) is 9.80. The number of benzene rings is 7. The zero-order valence-electron chi connectivity index (χ0n) is 24.7. The highest BCUT2D eigenvalue weighted by molar-refractivity contribution is 7.25. The fraction of sp³-hybridized carbons (Fsp3) is 0. The van der Waals surface area contributed by atoms with E-state index in [2.05, 4.69) is 166 Å². The molecule has 4 heterocycles. The lowest BCUT2D eigenvalue weighted by Gasteiger charge is -2.33. The van der Waals surface area contributed by atoms with Crippen molar-refractivity contribution in [2.24, 2.45) is 0 Å². The second-order valence-corrected chi connectivity index (χ2v) is 13.2. The number of rotatable bonds is 2. The molecule has 0 atom stereocenters. The van der Waals surface area contributed by atoms with Crippen molar-refractivity contribution in [1.29, 1.82) is 0 Å². The summed E-state index contributed by atoms with van der Waals surface area (Å²) >= 11 is 1.87. The van der Waals surface area contributed by atoms with Gasteiger partial charge in [-0.1, -0.05) is 84.9 Å². The molecule has 0 N–H and O–H groups in total. The van der Waals surface area contributed by atoms with Crippen LogP contribution in [0.4, 0.5) is 17.1 Å². The van der Waals surface area contributed by atoms with E-state index in [1.807, 2.05) is 11.3 Å². The van der Waals surface area contributed by atoms with Crippen LogP contribution in [0.3, 0.4) is 0 Å². The number of hydrogen-bond acceptors (Lipinski definition) is 2. The molecule has 4 heteroatoms. The van der Waals surface area contributed by atoms with Gasteiger partial charge in [0.1, 0.15) is 0 Å². The van der Waals surface area contributed by atoms with E-state index < -0.39 is 0 Å². The molecular formula is C42H25N3S. The van der Waals surface area contributed by atoms with Crippen LogP contribution in [0.2, 0.25) is 0 Å². The maximum absolute atomic E-state index is 2.51. The van der Waals surface area contributed by atoms with E-state index in [0.29, 0.717) is 0 Å². The van der Waals surface area contributed by atoms with Crippen molar-refractivity contribution >= 4 is 92.2 Å². The second kappa shape index (κ2) is 8.87. The van der Waals surface area contributed by atoms with Crippen molar-refractivity contribution in [2.45, 2.75) is 0 Å². The summed E-state index contributed by atoms with van der Waals surface area (Å²) in [6, 6.07) is 55.7. The van der Waals surface area contributed by atoms with Crippen molar-refractivity contribution in [1.82, 2.24) is 9.13 Å². The van der Waals surface area contributed by atoms with Gasteiger partial charge in [0.25, 0.3) is 0 Å². The number of nitrogens with zero attached hydrogens (tertiary/aromatic N) is 3. The first-order valence-electron chi connectivity index (χ1n) is 15.7. The van der Waals surface area contributed by atoms with Crippen LogP contribution in [-0.4, -0.2) is 9.13 Å². The quantitative estimate of drug-likeness (QED) is 0.192. The molecule has 3 aromatic heterocycles. The molecule has 3 nitrogen and oxygen atoms in total. The van der Waals surface area contributed by atoms with Crippen molar-refractivity contribution < 1.29 is 0 Å². The van der Waals surface area contributed by atoms with Gasteiger partial charge in [-0.05, 0) is 66.7 Å². The highest BCUT2D eigenvalue weighted by Gasteiger charge is 2.30. The van der Waals surface area contributed by atoms with Gasteiger partial charge in [0.2, 0.25) is 0 Å². The third kappa shape index (κ3) is 3.06. The van der Waals surface area contributed by atoms with Gasteiger partial charge in [-0.3, -0.25) is 0 Å². The van der Waals surface area contributed by atoms with Crippen LogP contribution in [-0.2, 0) is 0 Å². The lowest BCUT2D eigenvalue weighted by molar-refractivity contribution is 1.11. The molecule has 10 aromatic rings. The third-order valence-corrected chi connectivity index (χ3v) is 11.0. The molecule has 0 saturated carbocycles. The summed E-state index contributed by atoms with van der Waals surface area (Å²) in [6.45, 7) is 0. The number of fused-ring (bicyclic) bond motifs is 12. The molecule has 0 saturated heterocycles. The van der Waals surface area contributed by atoms with E-state index in [9.17, 15) is 0 Å². The number of anilines is 3. The first-order valence-corrected chi connectivity index (χ1v) is 16.5. The molecular weight excluding hydrogens is 579 g/mol. The zero-order valence-corrected chi connectivity index (χ0v) is 25.5. The van der Waals surface area contributed by atoms with Crippen molar-refractivity contribution in [3.63, 3.8) is 0 Å². The van der Waals surface area contributed by atoms with E-state index in [0.717, 1.165) is 5.69 Å². The Morgan fingerprint density at radius 3 is 2.00 bits per heavy atom. The standard InChI is InChI=1S/C42H25N3S/c1-2-11-26(12-3-1)43-34-17-7-8-18-35(34)45-36-23-22-30-28-13-4-6-16-33(28)44(42(30)40(36)31-15-10-19-37(43)41(31)45)27-21-24-39-32(25-27)29-14-5-9-20-38(29)46-39/h1-25H. The molecule has 7 aromatic carbocycles. The summed E-state index contributed by atoms with van der Waals surface area (Å²) in [5.41, 5.74) is 10.9. The molecule has 46 heavy (non-hydrogen) atoms. The monoisotopic (exact) mass is 603 g/mol. The highest BCUT2D eigenvalue weighted by atomic mass is 32.1. The fourth-order valence-corrected chi connectivity index (χ4v) is 9.05. The fourth-order valence-electron chi connectivity index (χ4n) is 7.97. The SMILES string of the molecule is c1ccc(N2c3ccccc3-n3c4ccc5c6ccccc6n(-c6ccc7sc8ccccc8c7c6)c5c4c4cccc2c43)cc1. The first kappa shape index (κ1) is 24.5. The van der Waals surface area contributed by atoms with Gasteiger partial charge in [0.05, 0.1) is 39.1 Å². The van der Waals surface area contributed by atoms with Crippen molar-refractivity contribution in [3.8, 4) is 11.4 Å². The Balaban J connectivity index is 1.32. The molecule has 0 fully saturated rings. The smallest absolute Gasteiger partial charge is 0.0784 e. The van der Waals surface area contributed by atoms with Crippen molar-refractivity contribution in [3.05, 3.63) is 152 Å². The summed E-state index contributed by atoms with van der Waals surface area (Å²) in [6.07, 6.45) is 0. The maximum atomic E-state index is 2.51. The Bertz CT molecular complexity index is 2870. The molecule has 0 unspecified atom stereocenters. The predicted octanol–water partition coefficient (Wildman–Crippen LogP) is 12.0. The van der Waals surface area contributed by atoms with Gasteiger partial charge in [0, 0.05) is 53.1 Å². The van der Waals surface area contributed by atoms with E-state index in [-0.39, 0.29) is 0 Å². The second-order valence-electron chi connectivity index (χ2n) is 12.2. The van der Waals surface area contributed by atoms with Crippen LogP contribution in [0.15, 0.2) is 152 Å². The topological polar surface area (TPSA) is 13.1 Å². The molecule has 0 spiro atoms. The minimum Gasteiger partial charge on any atom is -0.309 e. The van der Waals surface area contributed by atoms with Gasteiger partial charge in [-0.25, -0.2) is 0 Å². The molecule has 1 aliphatic rings. The summed E-state index contributed by atoms with van der Waals surface area (Å²) in [5.74, 6) is 0. The van der Waals surface area contributed by atoms with Crippen LogP contribution < -0.4 is 4.90 Å². The zero-order chi connectivity index (χ0) is 29.9. The Kier molecular flexibility index (Phi) is 4.72. The highest BCUT2D eigenvalue weighted by Crippen LogP contribution is 2.51. The number of aromatic nitrogens is 2. The van der Waals surface area contributed by atoms with Crippen LogP contribution in [0, 0.1) is 0 Å². The van der Waals surface area contributed by atoms with E-state index in [1.54, 1.807) is 0 Å². The Morgan fingerprint density at radius 1 is 0.370 bits per heavy atom. The minimum atomic E-state index is 1.16. The Morgan fingerprint density at radius 2 is 1.09 bits per heavy atom. The number of hydrogen-bond donors (Lipinski definition) is 0. The normalized spacial score (nSPS) is 12.7. The Hall–Kier alpha value is -5.84. The summed E-state index contributed by atoms with van der Waals surface area (Å²) < 4.78 is 7.65. The lowest BCUT2D eigenvalue weighted by Crippen LogP contribution is -2.17. The Labute approximate surface area is 268 Å².